The monoisotopic (exact) mass is 470 g/mol. The number of rotatable bonds is 3. The summed E-state index contributed by atoms with van der Waals surface area (Å²) >= 11 is 10.2. The first-order valence-electron chi connectivity index (χ1n) is 8.37. The molecule has 0 aromatic carbocycles. The minimum absolute atomic E-state index is 0.120. The van der Waals surface area contributed by atoms with Gasteiger partial charge in [0.05, 0.1) is 22.8 Å². The zero-order valence-electron chi connectivity index (χ0n) is 15.1. The first kappa shape index (κ1) is 20.0. The summed E-state index contributed by atoms with van der Waals surface area (Å²) in [5.41, 5.74) is 2.63. The van der Waals surface area contributed by atoms with Crippen LogP contribution in [0, 0.1) is 6.92 Å². The number of thiophene rings is 1. The van der Waals surface area contributed by atoms with Crippen molar-refractivity contribution >= 4 is 61.5 Å². The quantitative estimate of drug-likeness (QED) is 0.528. The van der Waals surface area contributed by atoms with Crippen LogP contribution in [-0.4, -0.2) is 33.9 Å². The molecule has 3 rings (SSSR count). The Balaban J connectivity index is 1.81. The minimum atomic E-state index is -0.393. The van der Waals surface area contributed by atoms with Crippen LogP contribution in [0.1, 0.15) is 49.8 Å². The van der Waals surface area contributed by atoms with Crippen molar-refractivity contribution in [3.63, 3.8) is 0 Å². The van der Waals surface area contributed by atoms with Gasteiger partial charge in [-0.05, 0) is 66.3 Å². The number of hydrogen-bond acceptors (Lipinski definition) is 6. The van der Waals surface area contributed by atoms with Gasteiger partial charge in [-0.15, -0.1) is 11.3 Å². The van der Waals surface area contributed by atoms with Crippen LogP contribution >= 0.6 is 39.5 Å². The van der Waals surface area contributed by atoms with E-state index in [4.69, 9.17) is 17.0 Å². The summed E-state index contributed by atoms with van der Waals surface area (Å²) in [7, 11) is 3.05. The highest BCUT2D eigenvalue weighted by molar-refractivity contribution is 9.10. The van der Waals surface area contributed by atoms with E-state index in [0.29, 0.717) is 26.4 Å². The van der Waals surface area contributed by atoms with Crippen LogP contribution in [0.15, 0.2) is 4.47 Å². The second-order valence-electron chi connectivity index (χ2n) is 6.19. The van der Waals surface area contributed by atoms with Gasteiger partial charge >= 0.3 is 5.97 Å². The Bertz CT molecular complexity index is 935. The number of anilines is 1. The average molecular weight is 471 g/mol. The third-order valence-electron chi connectivity index (χ3n) is 4.38. The molecule has 2 aromatic heterocycles. The Kier molecular flexibility index (Phi) is 5.97. The SMILES string of the molecule is COC(=O)c1c(NC(=S)NC(=O)c2c(Br)c(C)nn2C)sc2c1CCCC2. The Morgan fingerprint density at radius 2 is 2.04 bits per heavy atom. The molecular weight excluding hydrogens is 452 g/mol. The third-order valence-corrected chi connectivity index (χ3v) is 6.74. The highest BCUT2D eigenvalue weighted by Crippen LogP contribution is 2.38. The van der Waals surface area contributed by atoms with Crippen LogP contribution in [-0.2, 0) is 24.6 Å². The van der Waals surface area contributed by atoms with Gasteiger partial charge in [-0.25, -0.2) is 4.79 Å². The number of ether oxygens (including phenoxy) is 1. The van der Waals surface area contributed by atoms with Crippen molar-refractivity contribution in [2.24, 2.45) is 7.05 Å². The maximum absolute atomic E-state index is 12.6. The van der Waals surface area contributed by atoms with Gasteiger partial charge in [-0.3, -0.25) is 14.8 Å². The zero-order valence-corrected chi connectivity index (χ0v) is 18.4. The number of carbonyl (C=O) groups excluding carboxylic acids is 2. The first-order valence-corrected chi connectivity index (χ1v) is 10.4. The smallest absolute Gasteiger partial charge is 0.341 e. The molecule has 0 unspecified atom stereocenters. The molecule has 0 fully saturated rings. The lowest BCUT2D eigenvalue weighted by Crippen LogP contribution is -2.35. The van der Waals surface area contributed by atoms with E-state index in [1.165, 1.54) is 28.0 Å². The van der Waals surface area contributed by atoms with Crippen molar-refractivity contribution < 1.29 is 14.3 Å². The number of nitrogens with one attached hydrogen (secondary N) is 2. The summed E-state index contributed by atoms with van der Waals surface area (Å²) < 4.78 is 7.05. The van der Waals surface area contributed by atoms with E-state index in [1.807, 2.05) is 0 Å². The van der Waals surface area contributed by atoms with E-state index >= 15 is 0 Å². The number of carbonyl (C=O) groups is 2. The van der Waals surface area contributed by atoms with Crippen LogP contribution in [0.2, 0.25) is 0 Å². The molecule has 0 aliphatic heterocycles. The van der Waals surface area contributed by atoms with Crippen LogP contribution in [0.5, 0.6) is 0 Å². The molecule has 2 N–H and O–H groups in total. The van der Waals surface area contributed by atoms with E-state index < -0.39 is 5.97 Å². The summed E-state index contributed by atoms with van der Waals surface area (Å²) in [5.74, 6) is -0.778. The molecule has 0 saturated heterocycles. The molecule has 144 valence electrons. The van der Waals surface area contributed by atoms with Crippen molar-refractivity contribution in [1.82, 2.24) is 15.1 Å². The van der Waals surface area contributed by atoms with Gasteiger partial charge < -0.3 is 10.1 Å². The molecule has 1 aliphatic rings. The van der Waals surface area contributed by atoms with Crippen molar-refractivity contribution in [3.8, 4) is 0 Å². The van der Waals surface area contributed by atoms with Crippen LogP contribution in [0.4, 0.5) is 5.00 Å². The van der Waals surface area contributed by atoms with Gasteiger partial charge in [0.25, 0.3) is 5.91 Å². The van der Waals surface area contributed by atoms with Crippen molar-refractivity contribution in [2.45, 2.75) is 32.6 Å². The molecule has 10 heteroatoms. The first-order chi connectivity index (χ1) is 12.8. The number of fused-ring (bicyclic) bond motifs is 1. The normalized spacial score (nSPS) is 13.0. The van der Waals surface area contributed by atoms with Crippen molar-refractivity contribution in [3.05, 3.63) is 31.9 Å². The highest BCUT2D eigenvalue weighted by Gasteiger charge is 2.27. The number of amides is 1. The predicted molar refractivity (Wildman–Crippen MR) is 112 cm³/mol. The summed E-state index contributed by atoms with van der Waals surface area (Å²) in [6.07, 6.45) is 3.93. The van der Waals surface area contributed by atoms with E-state index in [9.17, 15) is 9.59 Å². The van der Waals surface area contributed by atoms with Gasteiger partial charge in [-0.1, -0.05) is 0 Å². The topological polar surface area (TPSA) is 85.2 Å². The number of aryl methyl sites for hydroxylation is 3. The summed E-state index contributed by atoms with van der Waals surface area (Å²) in [6.45, 7) is 1.80. The second-order valence-corrected chi connectivity index (χ2v) is 8.49. The number of hydrogen-bond donors (Lipinski definition) is 2. The van der Waals surface area contributed by atoms with Crippen LogP contribution < -0.4 is 10.6 Å². The number of esters is 1. The minimum Gasteiger partial charge on any atom is -0.465 e. The van der Waals surface area contributed by atoms with Gasteiger partial charge in [-0.2, -0.15) is 5.10 Å². The molecule has 0 atom stereocenters. The van der Waals surface area contributed by atoms with Crippen LogP contribution in [0.25, 0.3) is 0 Å². The molecule has 0 spiro atoms. The number of thiocarbonyl (C=S) groups is 1. The molecule has 2 aromatic rings. The second kappa shape index (κ2) is 8.07. The predicted octanol–water partition coefficient (Wildman–Crippen LogP) is 3.34. The Labute approximate surface area is 174 Å². The van der Waals surface area contributed by atoms with Crippen molar-refractivity contribution in [2.75, 3.05) is 12.4 Å². The Hall–Kier alpha value is -1.78. The lowest BCUT2D eigenvalue weighted by atomic mass is 9.95. The molecule has 0 bridgehead atoms. The summed E-state index contributed by atoms with van der Waals surface area (Å²) in [4.78, 5) is 26.0. The Morgan fingerprint density at radius 1 is 1.33 bits per heavy atom. The average Bonchev–Trinajstić information content (AvgIpc) is 3.10. The molecule has 2 heterocycles. The maximum atomic E-state index is 12.6. The molecule has 0 radical (unpaired) electrons. The van der Waals surface area contributed by atoms with Gasteiger partial charge in [0.15, 0.2) is 5.11 Å². The zero-order chi connectivity index (χ0) is 19.7. The molecule has 0 saturated carbocycles. The van der Waals surface area contributed by atoms with E-state index in [0.717, 1.165) is 31.2 Å². The third kappa shape index (κ3) is 3.92. The highest BCUT2D eigenvalue weighted by atomic mass is 79.9. The molecule has 7 nitrogen and oxygen atoms in total. The fraction of sp³-hybridized carbons (Fsp3) is 0.412. The summed E-state index contributed by atoms with van der Waals surface area (Å²) in [5, 5.41) is 10.6. The fourth-order valence-corrected chi connectivity index (χ4v) is 5.20. The van der Waals surface area contributed by atoms with Gasteiger partial charge in [0.2, 0.25) is 0 Å². The molecule has 1 aliphatic carbocycles. The number of halogens is 1. The van der Waals surface area contributed by atoms with Crippen molar-refractivity contribution in [1.29, 1.82) is 0 Å². The van der Waals surface area contributed by atoms with Gasteiger partial charge in [0.1, 0.15) is 10.7 Å². The fourth-order valence-electron chi connectivity index (χ4n) is 3.15. The number of aromatic nitrogens is 2. The number of nitrogens with zero attached hydrogens (tertiary/aromatic N) is 2. The number of methoxy groups -OCH3 is 1. The van der Waals surface area contributed by atoms with Gasteiger partial charge in [0, 0.05) is 11.9 Å². The summed E-state index contributed by atoms with van der Waals surface area (Å²) in [6, 6.07) is 0. The van der Waals surface area contributed by atoms with E-state index in [2.05, 4.69) is 31.7 Å². The lowest BCUT2D eigenvalue weighted by Gasteiger charge is -2.12. The lowest BCUT2D eigenvalue weighted by molar-refractivity contribution is 0.0601. The molecular formula is C17H19BrN4O3S2. The standard InChI is InChI=1S/C17H19BrN4O3S2/c1-8-12(18)13(22(2)21-8)14(23)19-17(26)20-15-11(16(24)25-3)9-6-4-5-7-10(9)27-15/h4-7H2,1-3H3,(H2,19,20,23,26). The largest absolute Gasteiger partial charge is 0.465 e. The maximum Gasteiger partial charge on any atom is 0.341 e. The molecule has 1 amide bonds. The van der Waals surface area contributed by atoms with Crippen LogP contribution in [0.3, 0.4) is 0 Å². The van der Waals surface area contributed by atoms with E-state index in [-0.39, 0.29) is 11.0 Å². The molecule has 27 heavy (non-hydrogen) atoms. The Morgan fingerprint density at radius 3 is 2.67 bits per heavy atom. The van der Waals surface area contributed by atoms with E-state index in [1.54, 1.807) is 14.0 Å².